The molecule has 1 aliphatic rings. The van der Waals surface area contributed by atoms with E-state index in [1.165, 1.54) is 10.5 Å². The van der Waals surface area contributed by atoms with Gasteiger partial charge in [0, 0.05) is 10.6 Å². The van der Waals surface area contributed by atoms with E-state index in [2.05, 4.69) is 11.4 Å². The van der Waals surface area contributed by atoms with Crippen molar-refractivity contribution in [1.29, 1.82) is 0 Å². The highest BCUT2D eigenvalue weighted by Gasteiger charge is 2.28. The molecule has 0 saturated carbocycles. The molecule has 1 unspecified atom stereocenters. The number of nitrogen functional groups attached to an aromatic ring is 1. The van der Waals surface area contributed by atoms with Gasteiger partial charge in [0.15, 0.2) is 0 Å². The van der Waals surface area contributed by atoms with Gasteiger partial charge in [0.2, 0.25) is 5.91 Å². The quantitative estimate of drug-likeness (QED) is 0.855. The van der Waals surface area contributed by atoms with Gasteiger partial charge in [0.25, 0.3) is 0 Å². The first-order chi connectivity index (χ1) is 10.2. The topological polar surface area (TPSA) is 64.3 Å². The molecule has 3 N–H and O–H groups in total. The van der Waals surface area contributed by atoms with E-state index in [-0.39, 0.29) is 11.2 Å². The standard InChI is InChI=1S/C16H16N2O2S/c1-20-13-7-6-11(17)9-12(13)18-16(19)15-8-10-4-2-3-5-14(10)21-15/h2-7,9,15H,8,17H2,1H3,(H,18,19). The lowest BCUT2D eigenvalue weighted by Gasteiger charge is -2.13. The molecule has 1 aliphatic heterocycles. The second-order valence-electron chi connectivity index (χ2n) is 4.87. The Morgan fingerprint density at radius 3 is 2.90 bits per heavy atom. The fourth-order valence-corrected chi connectivity index (χ4v) is 3.56. The van der Waals surface area contributed by atoms with Crippen LogP contribution in [-0.2, 0) is 11.2 Å². The molecule has 0 spiro atoms. The second kappa shape index (κ2) is 5.69. The number of nitrogens with two attached hydrogens (primary N) is 1. The zero-order chi connectivity index (χ0) is 14.8. The van der Waals surface area contributed by atoms with Crippen LogP contribution in [-0.4, -0.2) is 18.3 Å². The summed E-state index contributed by atoms with van der Waals surface area (Å²) < 4.78 is 5.25. The Morgan fingerprint density at radius 1 is 1.33 bits per heavy atom. The Kier molecular flexibility index (Phi) is 3.75. The van der Waals surface area contributed by atoms with Gasteiger partial charge in [0.1, 0.15) is 5.75 Å². The molecule has 0 radical (unpaired) electrons. The first kappa shape index (κ1) is 13.8. The summed E-state index contributed by atoms with van der Waals surface area (Å²) in [5.74, 6) is 0.582. The first-order valence-corrected chi connectivity index (χ1v) is 7.54. The summed E-state index contributed by atoms with van der Waals surface area (Å²) in [6, 6.07) is 13.3. The van der Waals surface area contributed by atoms with Gasteiger partial charge >= 0.3 is 0 Å². The van der Waals surface area contributed by atoms with E-state index in [0.29, 0.717) is 17.1 Å². The smallest absolute Gasteiger partial charge is 0.238 e. The molecule has 1 atom stereocenters. The van der Waals surface area contributed by atoms with Crippen molar-refractivity contribution in [1.82, 2.24) is 0 Å². The van der Waals surface area contributed by atoms with E-state index in [4.69, 9.17) is 10.5 Å². The van der Waals surface area contributed by atoms with Gasteiger partial charge in [-0.15, -0.1) is 11.8 Å². The van der Waals surface area contributed by atoms with Crippen molar-refractivity contribution >= 4 is 29.0 Å². The number of rotatable bonds is 3. The fourth-order valence-electron chi connectivity index (χ4n) is 2.36. The van der Waals surface area contributed by atoms with Crippen LogP contribution in [0, 0.1) is 0 Å². The molecule has 0 saturated heterocycles. The van der Waals surface area contributed by atoms with Crippen molar-refractivity contribution in [3.8, 4) is 5.75 Å². The Balaban J connectivity index is 1.75. The molecule has 3 rings (SSSR count). The molecule has 0 bridgehead atoms. The number of nitrogens with one attached hydrogen (secondary N) is 1. The summed E-state index contributed by atoms with van der Waals surface area (Å²) in [5.41, 5.74) is 8.19. The predicted octanol–water partition coefficient (Wildman–Crippen LogP) is 2.93. The van der Waals surface area contributed by atoms with E-state index < -0.39 is 0 Å². The third-order valence-electron chi connectivity index (χ3n) is 3.42. The van der Waals surface area contributed by atoms with Crippen LogP contribution in [0.2, 0.25) is 0 Å². The third-order valence-corrected chi connectivity index (χ3v) is 4.74. The van der Waals surface area contributed by atoms with Crippen LogP contribution >= 0.6 is 11.8 Å². The maximum atomic E-state index is 12.4. The third kappa shape index (κ3) is 2.83. The minimum absolute atomic E-state index is 0.0277. The lowest BCUT2D eigenvalue weighted by molar-refractivity contribution is -0.115. The fraction of sp³-hybridized carbons (Fsp3) is 0.188. The highest BCUT2D eigenvalue weighted by Crippen LogP contribution is 2.37. The molecule has 5 heteroatoms. The molecular formula is C16H16N2O2S. The number of carbonyl (C=O) groups excluding carboxylic acids is 1. The van der Waals surface area contributed by atoms with Crippen LogP contribution in [0.25, 0.3) is 0 Å². The Hall–Kier alpha value is -2.14. The van der Waals surface area contributed by atoms with E-state index in [1.807, 2.05) is 18.2 Å². The van der Waals surface area contributed by atoms with Crippen molar-refractivity contribution in [2.24, 2.45) is 0 Å². The number of methoxy groups -OCH3 is 1. The Morgan fingerprint density at radius 2 is 2.14 bits per heavy atom. The molecule has 108 valence electrons. The monoisotopic (exact) mass is 300 g/mol. The lowest BCUT2D eigenvalue weighted by Crippen LogP contribution is -2.24. The highest BCUT2D eigenvalue weighted by molar-refractivity contribution is 8.01. The lowest BCUT2D eigenvalue weighted by atomic mass is 10.1. The molecule has 21 heavy (non-hydrogen) atoms. The molecule has 2 aromatic carbocycles. The van der Waals surface area contributed by atoms with Crippen molar-refractivity contribution in [3.63, 3.8) is 0 Å². The largest absolute Gasteiger partial charge is 0.495 e. The predicted molar refractivity (Wildman–Crippen MR) is 85.8 cm³/mol. The minimum atomic E-state index is -0.117. The van der Waals surface area contributed by atoms with Crippen molar-refractivity contribution in [2.75, 3.05) is 18.2 Å². The van der Waals surface area contributed by atoms with Crippen LogP contribution in [0.15, 0.2) is 47.4 Å². The summed E-state index contributed by atoms with van der Waals surface area (Å²) in [6.07, 6.45) is 0.747. The minimum Gasteiger partial charge on any atom is -0.495 e. The summed E-state index contributed by atoms with van der Waals surface area (Å²) in [4.78, 5) is 13.6. The molecular weight excluding hydrogens is 284 g/mol. The van der Waals surface area contributed by atoms with Gasteiger partial charge < -0.3 is 15.8 Å². The van der Waals surface area contributed by atoms with Crippen LogP contribution < -0.4 is 15.8 Å². The number of carbonyl (C=O) groups is 1. The maximum absolute atomic E-state index is 12.4. The molecule has 0 aliphatic carbocycles. The number of benzene rings is 2. The SMILES string of the molecule is COc1ccc(N)cc1NC(=O)C1Cc2ccccc2S1. The average molecular weight is 300 g/mol. The second-order valence-corrected chi connectivity index (χ2v) is 6.11. The van der Waals surface area contributed by atoms with Gasteiger partial charge in [0.05, 0.1) is 18.0 Å². The zero-order valence-corrected chi connectivity index (χ0v) is 12.4. The number of hydrogen-bond acceptors (Lipinski definition) is 4. The molecule has 4 nitrogen and oxygen atoms in total. The van der Waals surface area contributed by atoms with E-state index in [9.17, 15) is 4.79 Å². The van der Waals surface area contributed by atoms with Crippen molar-refractivity contribution < 1.29 is 9.53 Å². The van der Waals surface area contributed by atoms with Crippen LogP contribution in [0.4, 0.5) is 11.4 Å². The van der Waals surface area contributed by atoms with Gasteiger partial charge in [-0.1, -0.05) is 18.2 Å². The van der Waals surface area contributed by atoms with Crippen molar-refractivity contribution in [2.45, 2.75) is 16.6 Å². The number of anilines is 2. The van der Waals surface area contributed by atoms with Gasteiger partial charge in [-0.05, 0) is 36.2 Å². The van der Waals surface area contributed by atoms with Crippen molar-refractivity contribution in [3.05, 3.63) is 48.0 Å². The summed E-state index contributed by atoms with van der Waals surface area (Å²) in [5, 5.41) is 2.80. The molecule has 0 fully saturated rings. The number of fused-ring (bicyclic) bond motifs is 1. The van der Waals surface area contributed by atoms with Crippen LogP contribution in [0.1, 0.15) is 5.56 Å². The summed E-state index contributed by atoms with van der Waals surface area (Å²) >= 11 is 1.60. The zero-order valence-electron chi connectivity index (χ0n) is 11.6. The number of amides is 1. The normalized spacial score (nSPS) is 16.3. The molecule has 0 aromatic heterocycles. The molecule has 1 amide bonds. The first-order valence-electron chi connectivity index (χ1n) is 6.66. The van der Waals surface area contributed by atoms with E-state index >= 15 is 0 Å². The van der Waals surface area contributed by atoms with Gasteiger partial charge in [-0.3, -0.25) is 4.79 Å². The summed E-state index contributed by atoms with van der Waals surface area (Å²) in [6.45, 7) is 0. The number of ether oxygens (including phenoxy) is 1. The maximum Gasteiger partial charge on any atom is 0.238 e. The number of hydrogen-bond donors (Lipinski definition) is 2. The molecule has 2 aromatic rings. The Bertz CT molecular complexity index is 663. The Labute approximate surface area is 127 Å². The number of thioether (sulfide) groups is 1. The van der Waals surface area contributed by atoms with Gasteiger partial charge in [-0.25, -0.2) is 0 Å². The molecule has 1 heterocycles. The average Bonchev–Trinajstić information content (AvgIpc) is 2.91. The van der Waals surface area contributed by atoms with E-state index in [0.717, 1.165) is 6.42 Å². The summed E-state index contributed by atoms with van der Waals surface area (Å²) in [7, 11) is 1.57. The van der Waals surface area contributed by atoms with Crippen LogP contribution in [0.3, 0.4) is 0 Å². The van der Waals surface area contributed by atoms with E-state index in [1.54, 1.807) is 37.1 Å². The van der Waals surface area contributed by atoms with Crippen LogP contribution in [0.5, 0.6) is 5.75 Å². The highest BCUT2D eigenvalue weighted by atomic mass is 32.2. The van der Waals surface area contributed by atoms with Gasteiger partial charge in [-0.2, -0.15) is 0 Å².